The van der Waals surface area contributed by atoms with E-state index in [0.717, 1.165) is 37.9 Å². The molecule has 0 bridgehead atoms. The molecule has 4 nitrogen and oxygen atoms in total. The number of carbonyl (C=O) groups is 2. The summed E-state index contributed by atoms with van der Waals surface area (Å²) in [6.45, 7) is 1.99. The molecule has 0 aromatic heterocycles. The van der Waals surface area contributed by atoms with Crippen molar-refractivity contribution in [2.24, 2.45) is 5.92 Å². The first kappa shape index (κ1) is 20.4. The molecule has 1 heterocycles. The lowest BCUT2D eigenvalue weighted by atomic mass is 9.90. The van der Waals surface area contributed by atoms with Gasteiger partial charge in [-0.2, -0.15) is 0 Å². The quantitative estimate of drug-likeness (QED) is 0.720. The van der Waals surface area contributed by atoms with Crippen LogP contribution in [0.15, 0.2) is 54.6 Å². The van der Waals surface area contributed by atoms with E-state index in [1.54, 1.807) is 0 Å². The Morgan fingerprint density at radius 3 is 2.43 bits per heavy atom. The van der Waals surface area contributed by atoms with Crippen molar-refractivity contribution >= 4 is 23.4 Å². The molecule has 2 aromatic rings. The third-order valence-electron chi connectivity index (χ3n) is 5.27. The Kier molecular flexibility index (Phi) is 7.49. The van der Waals surface area contributed by atoms with Gasteiger partial charge in [-0.3, -0.25) is 9.59 Å². The average Bonchev–Trinajstić information content (AvgIpc) is 2.69. The molecule has 0 saturated carbocycles. The van der Waals surface area contributed by atoms with Crippen molar-refractivity contribution in [1.29, 1.82) is 0 Å². The Bertz CT molecular complexity index is 786. The lowest BCUT2D eigenvalue weighted by Crippen LogP contribution is -2.41. The van der Waals surface area contributed by atoms with Crippen molar-refractivity contribution in [2.75, 3.05) is 19.6 Å². The maximum Gasteiger partial charge on any atom is 0.232 e. The van der Waals surface area contributed by atoms with Crippen LogP contribution in [0.2, 0.25) is 5.02 Å². The molecule has 1 aliphatic rings. The number of piperidine rings is 1. The highest BCUT2D eigenvalue weighted by molar-refractivity contribution is 6.30. The SMILES string of the molecule is O=C(CC(=O)N1CCC(Cc2ccccc2)CC1)NCCc1cccc(Cl)c1. The summed E-state index contributed by atoms with van der Waals surface area (Å²) in [6.07, 6.45) is 3.69. The Hall–Kier alpha value is -2.33. The van der Waals surface area contributed by atoms with Crippen LogP contribution in [0.5, 0.6) is 0 Å². The van der Waals surface area contributed by atoms with Gasteiger partial charge >= 0.3 is 0 Å². The normalized spacial score (nSPS) is 14.7. The molecule has 1 aliphatic heterocycles. The number of rotatable bonds is 7. The van der Waals surface area contributed by atoms with Crippen LogP contribution >= 0.6 is 11.6 Å². The van der Waals surface area contributed by atoms with Crippen LogP contribution in [-0.4, -0.2) is 36.3 Å². The van der Waals surface area contributed by atoms with E-state index in [4.69, 9.17) is 11.6 Å². The number of nitrogens with zero attached hydrogens (tertiary/aromatic N) is 1. The maximum atomic E-state index is 12.4. The molecule has 28 heavy (non-hydrogen) atoms. The van der Waals surface area contributed by atoms with Gasteiger partial charge in [0.1, 0.15) is 6.42 Å². The third-order valence-corrected chi connectivity index (χ3v) is 5.51. The Labute approximate surface area is 171 Å². The van der Waals surface area contributed by atoms with Crippen molar-refractivity contribution in [1.82, 2.24) is 10.2 Å². The molecule has 2 aromatic carbocycles. The largest absolute Gasteiger partial charge is 0.355 e. The fourth-order valence-corrected chi connectivity index (χ4v) is 3.90. The van der Waals surface area contributed by atoms with Crippen LogP contribution in [-0.2, 0) is 22.4 Å². The van der Waals surface area contributed by atoms with Crippen molar-refractivity contribution in [3.05, 3.63) is 70.7 Å². The molecule has 0 spiro atoms. The fourth-order valence-electron chi connectivity index (χ4n) is 3.68. The molecular weight excluding hydrogens is 372 g/mol. The molecule has 3 rings (SSSR count). The zero-order valence-electron chi connectivity index (χ0n) is 16.1. The van der Waals surface area contributed by atoms with Crippen LogP contribution in [0.3, 0.4) is 0 Å². The summed E-state index contributed by atoms with van der Waals surface area (Å²) in [6, 6.07) is 18.1. The van der Waals surface area contributed by atoms with Crippen molar-refractivity contribution in [3.8, 4) is 0 Å². The number of likely N-dealkylation sites (tertiary alicyclic amines) is 1. The second kappa shape index (κ2) is 10.3. The topological polar surface area (TPSA) is 49.4 Å². The van der Waals surface area contributed by atoms with Crippen LogP contribution in [0.1, 0.15) is 30.4 Å². The van der Waals surface area contributed by atoms with Gasteiger partial charge in [-0.05, 0) is 54.9 Å². The molecule has 5 heteroatoms. The first-order valence-electron chi connectivity index (χ1n) is 9.93. The minimum atomic E-state index is -0.210. The van der Waals surface area contributed by atoms with Gasteiger partial charge in [0, 0.05) is 24.7 Å². The highest BCUT2D eigenvalue weighted by Gasteiger charge is 2.24. The summed E-state index contributed by atoms with van der Waals surface area (Å²) in [7, 11) is 0. The predicted octanol–water partition coefficient (Wildman–Crippen LogP) is 3.87. The van der Waals surface area contributed by atoms with Gasteiger partial charge < -0.3 is 10.2 Å². The summed E-state index contributed by atoms with van der Waals surface area (Å²) >= 11 is 5.96. The van der Waals surface area contributed by atoms with E-state index in [-0.39, 0.29) is 18.2 Å². The van der Waals surface area contributed by atoms with E-state index in [2.05, 4.69) is 29.6 Å². The van der Waals surface area contributed by atoms with Crippen LogP contribution < -0.4 is 5.32 Å². The lowest BCUT2D eigenvalue weighted by molar-refractivity contribution is -0.137. The Morgan fingerprint density at radius 1 is 1.00 bits per heavy atom. The van der Waals surface area contributed by atoms with E-state index >= 15 is 0 Å². The summed E-state index contributed by atoms with van der Waals surface area (Å²) in [5.74, 6) is 0.329. The molecule has 0 unspecified atom stereocenters. The number of hydrogen-bond donors (Lipinski definition) is 1. The standard InChI is InChI=1S/C23H27ClN2O2/c24-21-8-4-7-19(16-21)9-12-25-22(27)17-23(28)26-13-10-20(11-14-26)15-18-5-2-1-3-6-18/h1-8,16,20H,9-15,17H2,(H,25,27). The van der Waals surface area contributed by atoms with E-state index in [1.807, 2.05) is 35.2 Å². The number of hydrogen-bond acceptors (Lipinski definition) is 2. The average molecular weight is 399 g/mol. The van der Waals surface area contributed by atoms with E-state index in [9.17, 15) is 9.59 Å². The lowest BCUT2D eigenvalue weighted by Gasteiger charge is -2.32. The number of carbonyl (C=O) groups excluding carboxylic acids is 2. The monoisotopic (exact) mass is 398 g/mol. The molecule has 2 amide bonds. The third kappa shape index (κ3) is 6.38. The van der Waals surface area contributed by atoms with Gasteiger partial charge in [0.05, 0.1) is 0 Å². The summed E-state index contributed by atoms with van der Waals surface area (Å²) < 4.78 is 0. The minimum absolute atomic E-state index is 0.0705. The molecule has 0 radical (unpaired) electrons. The van der Waals surface area contributed by atoms with Gasteiger partial charge in [-0.1, -0.05) is 54.1 Å². The highest BCUT2D eigenvalue weighted by atomic mass is 35.5. The molecule has 1 saturated heterocycles. The molecule has 148 valence electrons. The summed E-state index contributed by atoms with van der Waals surface area (Å²) in [5.41, 5.74) is 2.42. The molecule has 0 aliphatic carbocycles. The maximum absolute atomic E-state index is 12.4. The number of halogens is 1. The van der Waals surface area contributed by atoms with Gasteiger partial charge in [-0.15, -0.1) is 0 Å². The van der Waals surface area contributed by atoms with E-state index in [1.165, 1.54) is 5.56 Å². The Balaban J connectivity index is 1.35. The van der Waals surface area contributed by atoms with E-state index < -0.39 is 0 Å². The number of benzene rings is 2. The second-order valence-electron chi connectivity index (χ2n) is 7.42. The first-order chi connectivity index (χ1) is 13.6. The Morgan fingerprint density at radius 2 is 1.71 bits per heavy atom. The van der Waals surface area contributed by atoms with Crippen molar-refractivity contribution < 1.29 is 9.59 Å². The molecule has 1 N–H and O–H groups in total. The molecule has 1 fully saturated rings. The molecular formula is C23H27ClN2O2. The zero-order chi connectivity index (χ0) is 19.8. The highest BCUT2D eigenvalue weighted by Crippen LogP contribution is 2.22. The van der Waals surface area contributed by atoms with Gasteiger partial charge in [-0.25, -0.2) is 0 Å². The number of nitrogens with one attached hydrogen (secondary N) is 1. The van der Waals surface area contributed by atoms with Gasteiger partial charge in [0.2, 0.25) is 11.8 Å². The van der Waals surface area contributed by atoms with Crippen LogP contribution in [0.4, 0.5) is 0 Å². The predicted molar refractivity (Wildman–Crippen MR) is 112 cm³/mol. The first-order valence-corrected chi connectivity index (χ1v) is 10.3. The van der Waals surface area contributed by atoms with Crippen LogP contribution in [0, 0.1) is 5.92 Å². The van der Waals surface area contributed by atoms with Gasteiger partial charge in [0.15, 0.2) is 0 Å². The summed E-state index contributed by atoms with van der Waals surface area (Å²) in [4.78, 5) is 26.3. The summed E-state index contributed by atoms with van der Waals surface area (Å²) in [5, 5.41) is 3.52. The van der Waals surface area contributed by atoms with E-state index in [0.29, 0.717) is 23.9 Å². The smallest absolute Gasteiger partial charge is 0.232 e. The van der Waals surface area contributed by atoms with Gasteiger partial charge in [0.25, 0.3) is 0 Å². The van der Waals surface area contributed by atoms with Crippen LogP contribution in [0.25, 0.3) is 0 Å². The number of amides is 2. The van der Waals surface area contributed by atoms with Crippen molar-refractivity contribution in [2.45, 2.75) is 32.1 Å². The zero-order valence-corrected chi connectivity index (χ0v) is 16.8. The minimum Gasteiger partial charge on any atom is -0.355 e. The molecule has 0 atom stereocenters. The fraction of sp³-hybridized carbons (Fsp3) is 0.391. The van der Waals surface area contributed by atoms with Crippen molar-refractivity contribution in [3.63, 3.8) is 0 Å². The second-order valence-corrected chi connectivity index (χ2v) is 7.86.